The van der Waals surface area contributed by atoms with Crippen molar-refractivity contribution in [1.82, 2.24) is 20.2 Å². The molecule has 40 heavy (non-hydrogen) atoms. The van der Waals surface area contributed by atoms with Crippen LogP contribution in [0, 0.1) is 17.7 Å². The molecule has 0 aliphatic carbocycles. The van der Waals surface area contributed by atoms with Gasteiger partial charge in [0.2, 0.25) is 0 Å². The first-order valence-corrected chi connectivity index (χ1v) is 14.0. The molecule has 1 atom stereocenters. The Labute approximate surface area is 240 Å². The summed E-state index contributed by atoms with van der Waals surface area (Å²) in [5, 5.41) is 6.50. The number of rotatable bonds is 8. The standard InChI is InChI=1S/C29H27ClFN5O3S/c1-2-38-29(37)34-18-36-12-4-7-22(36)9-10-23-15-25-27(40-23)28(33-17-32-25)35-21-8-11-26(24(30)14-21)39-16-19-5-3-6-20(31)13-19/h3,5-6,8,11,13-15,17,22H,2,4,7,12,16,18H2,1H3,(H,34,37)(H,32,33,35). The van der Waals surface area contributed by atoms with Crippen LogP contribution in [0.5, 0.6) is 5.75 Å². The highest BCUT2D eigenvalue weighted by atomic mass is 35.5. The smallest absolute Gasteiger partial charge is 0.408 e. The number of amides is 1. The highest BCUT2D eigenvalue weighted by Gasteiger charge is 2.23. The number of anilines is 2. The van der Waals surface area contributed by atoms with Gasteiger partial charge in [0.1, 0.15) is 24.5 Å². The summed E-state index contributed by atoms with van der Waals surface area (Å²) in [6.07, 6.45) is 3.05. The number of benzene rings is 2. The number of fused-ring (bicyclic) bond motifs is 1. The van der Waals surface area contributed by atoms with E-state index in [-0.39, 0.29) is 18.5 Å². The van der Waals surface area contributed by atoms with Crippen molar-refractivity contribution < 1.29 is 18.7 Å². The zero-order valence-corrected chi connectivity index (χ0v) is 23.3. The molecule has 4 aromatic rings. The number of thiophene rings is 1. The lowest BCUT2D eigenvalue weighted by atomic mass is 10.2. The number of alkyl carbamates (subject to hydrolysis) is 1. The monoisotopic (exact) mass is 579 g/mol. The maximum Gasteiger partial charge on any atom is 0.408 e. The van der Waals surface area contributed by atoms with E-state index in [9.17, 15) is 9.18 Å². The molecule has 11 heteroatoms. The van der Waals surface area contributed by atoms with E-state index in [1.165, 1.54) is 29.8 Å². The van der Waals surface area contributed by atoms with Crippen LogP contribution >= 0.6 is 22.9 Å². The molecule has 0 bridgehead atoms. The lowest BCUT2D eigenvalue weighted by Gasteiger charge is -2.20. The summed E-state index contributed by atoms with van der Waals surface area (Å²) in [5.41, 5.74) is 2.24. The molecule has 1 unspecified atom stereocenters. The van der Waals surface area contributed by atoms with Crippen molar-refractivity contribution in [2.75, 3.05) is 25.1 Å². The van der Waals surface area contributed by atoms with Crippen LogP contribution in [0.3, 0.4) is 0 Å². The van der Waals surface area contributed by atoms with Crippen molar-refractivity contribution in [3.63, 3.8) is 0 Å². The van der Waals surface area contributed by atoms with E-state index in [0.29, 0.717) is 35.4 Å². The molecule has 0 saturated carbocycles. The lowest BCUT2D eigenvalue weighted by molar-refractivity contribution is 0.143. The van der Waals surface area contributed by atoms with Crippen molar-refractivity contribution in [3.8, 4) is 17.6 Å². The summed E-state index contributed by atoms with van der Waals surface area (Å²) < 4.78 is 25.0. The number of nitrogens with zero attached hydrogens (tertiary/aromatic N) is 3. The van der Waals surface area contributed by atoms with Crippen LogP contribution in [0.2, 0.25) is 5.02 Å². The van der Waals surface area contributed by atoms with Crippen LogP contribution in [0.15, 0.2) is 54.9 Å². The highest BCUT2D eigenvalue weighted by Crippen LogP contribution is 2.33. The molecule has 1 amide bonds. The summed E-state index contributed by atoms with van der Waals surface area (Å²) >= 11 is 7.97. The number of carbonyl (C=O) groups excluding carboxylic acids is 1. The molecule has 206 valence electrons. The van der Waals surface area contributed by atoms with Crippen molar-refractivity contribution in [3.05, 3.63) is 76.1 Å². The third-order valence-electron chi connectivity index (χ3n) is 6.22. The number of aromatic nitrogens is 2. The van der Waals surface area contributed by atoms with Gasteiger partial charge in [-0.15, -0.1) is 11.3 Å². The first kappa shape index (κ1) is 27.6. The van der Waals surface area contributed by atoms with E-state index >= 15 is 0 Å². The van der Waals surface area contributed by atoms with E-state index in [1.807, 2.05) is 12.1 Å². The molecule has 8 nitrogen and oxygen atoms in total. The number of hydrogen-bond donors (Lipinski definition) is 2. The third kappa shape index (κ3) is 6.99. The summed E-state index contributed by atoms with van der Waals surface area (Å²) in [6.45, 7) is 3.59. The Morgan fingerprint density at radius 1 is 1.25 bits per heavy atom. The molecule has 3 heterocycles. The Morgan fingerprint density at radius 2 is 2.15 bits per heavy atom. The molecule has 1 aliphatic rings. The first-order valence-electron chi connectivity index (χ1n) is 12.8. The average Bonchev–Trinajstić information content (AvgIpc) is 3.57. The summed E-state index contributed by atoms with van der Waals surface area (Å²) in [5.74, 6) is 7.46. The van der Waals surface area contributed by atoms with E-state index < -0.39 is 6.09 Å². The summed E-state index contributed by atoms with van der Waals surface area (Å²) in [4.78, 5) is 23.5. The molecule has 0 radical (unpaired) electrons. The third-order valence-corrected chi connectivity index (χ3v) is 7.56. The van der Waals surface area contributed by atoms with Gasteiger partial charge in [-0.1, -0.05) is 35.6 Å². The second-order valence-electron chi connectivity index (χ2n) is 9.03. The minimum Gasteiger partial charge on any atom is -0.487 e. The fraction of sp³-hybridized carbons (Fsp3) is 0.276. The van der Waals surface area contributed by atoms with Gasteiger partial charge in [0.25, 0.3) is 0 Å². The SMILES string of the molecule is CCOC(=O)NCN1CCCC1C#Cc1cc2ncnc(Nc3ccc(OCc4cccc(F)c4)c(Cl)c3)c2s1. The van der Waals surface area contributed by atoms with E-state index in [4.69, 9.17) is 21.1 Å². The molecule has 1 fully saturated rings. The van der Waals surface area contributed by atoms with Crippen LogP contribution in [-0.2, 0) is 11.3 Å². The molecule has 1 aliphatic heterocycles. The minimum atomic E-state index is -0.420. The van der Waals surface area contributed by atoms with Crippen LogP contribution in [0.4, 0.5) is 20.7 Å². The fourth-order valence-electron chi connectivity index (χ4n) is 4.31. The Hall–Kier alpha value is -3.91. The van der Waals surface area contributed by atoms with Crippen LogP contribution in [0.25, 0.3) is 10.2 Å². The summed E-state index contributed by atoms with van der Waals surface area (Å²) in [7, 11) is 0. The van der Waals surface area contributed by atoms with E-state index in [1.54, 1.807) is 31.2 Å². The molecule has 5 rings (SSSR count). The predicted molar refractivity (Wildman–Crippen MR) is 155 cm³/mol. The molecule has 1 saturated heterocycles. The Balaban J connectivity index is 1.25. The first-order chi connectivity index (χ1) is 19.5. The van der Waals surface area contributed by atoms with Gasteiger partial charge in [-0.25, -0.2) is 19.2 Å². The van der Waals surface area contributed by atoms with Crippen molar-refractivity contribution in [1.29, 1.82) is 0 Å². The normalized spacial score (nSPS) is 14.9. The second-order valence-corrected chi connectivity index (χ2v) is 10.5. The maximum atomic E-state index is 13.4. The second kappa shape index (κ2) is 13.0. The largest absolute Gasteiger partial charge is 0.487 e. The quantitative estimate of drug-likeness (QED) is 0.236. The van der Waals surface area contributed by atoms with Crippen LogP contribution < -0.4 is 15.4 Å². The van der Waals surface area contributed by atoms with Gasteiger partial charge in [-0.3, -0.25) is 4.90 Å². The fourth-order valence-corrected chi connectivity index (χ4v) is 5.46. The van der Waals surface area contributed by atoms with Gasteiger partial charge in [0.05, 0.1) is 39.4 Å². The van der Waals surface area contributed by atoms with E-state index in [2.05, 4.69) is 37.3 Å². The van der Waals surface area contributed by atoms with Crippen molar-refractivity contribution in [2.24, 2.45) is 0 Å². The van der Waals surface area contributed by atoms with Gasteiger partial charge in [0.15, 0.2) is 5.82 Å². The number of carbonyl (C=O) groups is 1. The lowest BCUT2D eigenvalue weighted by Crippen LogP contribution is -2.40. The van der Waals surface area contributed by atoms with Crippen LogP contribution in [-0.4, -0.2) is 46.8 Å². The van der Waals surface area contributed by atoms with Gasteiger partial charge in [0, 0.05) is 12.2 Å². The van der Waals surface area contributed by atoms with E-state index in [0.717, 1.165) is 40.2 Å². The molecule has 0 spiro atoms. The average molecular weight is 580 g/mol. The number of halogens is 2. The van der Waals surface area contributed by atoms with Gasteiger partial charge in [-0.05, 0) is 61.7 Å². The molecule has 2 N–H and O–H groups in total. The van der Waals surface area contributed by atoms with Gasteiger partial charge in [-0.2, -0.15) is 0 Å². The molecule has 2 aromatic heterocycles. The summed E-state index contributed by atoms with van der Waals surface area (Å²) in [6, 6.07) is 13.6. The van der Waals surface area contributed by atoms with Crippen LogP contribution in [0.1, 0.15) is 30.2 Å². The molecule has 2 aromatic carbocycles. The zero-order valence-electron chi connectivity index (χ0n) is 21.7. The number of ether oxygens (including phenoxy) is 2. The van der Waals surface area contributed by atoms with Crippen molar-refractivity contribution >= 4 is 50.8 Å². The minimum absolute atomic E-state index is 0.0552. The highest BCUT2D eigenvalue weighted by molar-refractivity contribution is 7.20. The van der Waals surface area contributed by atoms with Gasteiger partial charge >= 0.3 is 6.09 Å². The van der Waals surface area contributed by atoms with Crippen molar-refractivity contribution in [2.45, 2.75) is 32.4 Å². The zero-order chi connectivity index (χ0) is 27.9. The number of hydrogen-bond acceptors (Lipinski definition) is 8. The molecular formula is C29H27ClFN5O3S. The number of nitrogens with one attached hydrogen (secondary N) is 2. The molecular weight excluding hydrogens is 553 g/mol. The predicted octanol–water partition coefficient (Wildman–Crippen LogP) is 6.33. The Morgan fingerprint density at radius 3 is 2.98 bits per heavy atom. The maximum absolute atomic E-state index is 13.4. The Bertz CT molecular complexity index is 1570. The Kier molecular flexibility index (Phi) is 8.96. The van der Waals surface area contributed by atoms with Gasteiger partial charge < -0.3 is 20.1 Å². The topological polar surface area (TPSA) is 88.6 Å². The number of likely N-dealkylation sites (tertiary alicyclic amines) is 1.